The van der Waals surface area contributed by atoms with Crippen LogP contribution in [0, 0.1) is 0 Å². The van der Waals surface area contributed by atoms with Crippen LogP contribution in [-0.2, 0) is 20.4 Å². The predicted octanol–water partition coefficient (Wildman–Crippen LogP) is 0.168. The number of nitrogens with one attached hydrogen (secondary N) is 3. The zero-order chi connectivity index (χ0) is 16.8. The molecular weight excluding hydrogens is 314 g/mol. The molecule has 0 aromatic carbocycles. The minimum Gasteiger partial charge on any atom is -0.493 e. The molecule has 0 aliphatic heterocycles. The number of imidazole rings is 1. The second-order valence-corrected chi connectivity index (χ2v) is 7.21. The molecule has 9 nitrogen and oxygen atoms in total. The number of amides is 1. The van der Waals surface area contributed by atoms with Crippen molar-refractivity contribution in [3.05, 3.63) is 16.2 Å². The van der Waals surface area contributed by atoms with Crippen molar-refractivity contribution in [3.63, 3.8) is 0 Å². The molecule has 1 heterocycles. The summed E-state index contributed by atoms with van der Waals surface area (Å²) in [6.45, 7) is 2.00. The first-order valence-electron chi connectivity index (χ1n) is 6.97. The van der Waals surface area contributed by atoms with Crippen molar-refractivity contribution in [1.29, 1.82) is 0 Å². The van der Waals surface area contributed by atoms with Crippen molar-refractivity contribution in [3.8, 4) is 5.88 Å². The van der Waals surface area contributed by atoms with Crippen LogP contribution in [-0.4, -0.2) is 39.9 Å². The van der Waals surface area contributed by atoms with Gasteiger partial charge in [0.05, 0.1) is 11.4 Å². The molecule has 1 aromatic heterocycles. The number of carbonyl (C=O) groups is 1. The average Bonchev–Trinajstić information content (AvgIpc) is 2.75. The Kier molecular flexibility index (Phi) is 6.62. The fourth-order valence-corrected chi connectivity index (χ4v) is 3.84. The van der Waals surface area contributed by atoms with Crippen molar-refractivity contribution in [2.75, 3.05) is 0 Å². The molecule has 0 aliphatic carbocycles. The highest BCUT2D eigenvalue weighted by Gasteiger charge is 2.33. The van der Waals surface area contributed by atoms with Crippen molar-refractivity contribution in [2.24, 2.45) is 0 Å². The number of aromatic amines is 2. The number of sulfone groups is 1. The van der Waals surface area contributed by atoms with Gasteiger partial charge in [-0.05, 0) is 6.42 Å². The highest BCUT2D eigenvalue weighted by Crippen LogP contribution is 2.19. The molecule has 22 heavy (non-hydrogen) atoms. The van der Waals surface area contributed by atoms with E-state index in [1.165, 1.54) is 5.48 Å². The lowest BCUT2D eigenvalue weighted by atomic mass is 10.1. The molecule has 0 saturated heterocycles. The molecule has 10 heteroatoms. The maximum Gasteiger partial charge on any atom is 0.325 e. The first-order chi connectivity index (χ1) is 10.3. The number of aromatic nitrogens is 2. The third-order valence-electron chi connectivity index (χ3n) is 3.28. The van der Waals surface area contributed by atoms with Crippen LogP contribution in [0.3, 0.4) is 0 Å². The van der Waals surface area contributed by atoms with Gasteiger partial charge in [-0.15, -0.1) is 0 Å². The number of hydrogen-bond acceptors (Lipinski definition) is 6. The molecule has 1 aromatic rings. The average molecular weight is 335 g/mol. The van der Waals surface area contributed by atoms with Gasteiger partial charge in [0, 0.05) is 0 Å². The van der Waals surface area contributed by atoms with Gasteiger partial charge in [-0.3, -0.25) is 15.0 Å². The number of carbonyl (C=O) groups excluding carboxylic acids is 1. The molecule has 5 N–H and O–H groups in total. The smallest absolute Gasteiger partial charge is 0.325 e. The molecule has 0 fully saturated rings. The van der Waals surface area contributed by atoms with Crippen molar-refractivity contribution >= 4 is 15.7 Å². The van der Waals surface area contributed by atoms with Crippen molar-refractivity contribution in [2.45, 2.75) is 50.0 Å². The van der Waals surface area contributed by atoms with Gasteiger partial charge in [0.25, 0.3) is 5.91 Å². The molecule has 0 aliphatic rings. The van der Waals surface area contributed by atoms with Gasteiger partial charge in [0.2, 0.25) is 5.88 Å². The lowest BCUT2D eigenvalue weighted by Crippen LogP contribution is -2.39. The first-order valence-corrected chi connectivity index (χ1v) is 8.69. The lowest BCUT2D eigenvalue weighted by Gasteiger charge is -2.15. The fraction of sp³-hybridized carbons (Fsp3) is 0.667. The summed E-state index contributed by atoms with van der Waals surface area (Å²) in [5, 5.41) is 16.7. The summed E-state index contributed by atoms with van der Waals surface area (Å²) < 4.78 is 24.6. The first kappa shape index (κ1) is 18.2. The van der Waals surface area contributed by atoms with Crippen LogP contribution in [0.2, 0.25) is 0 Å². The van der Waals surface area contributed by atoms with E-state index in [0.717, 1.165) is 19.3 Å². The summed E-state index contributed by atoms with van der Waals surface area (Å²) in [5.41, 5.74) is 0.402. The number of hydroxylamine groups is 1. The monoisotopic (exact) mass is 335 g/mol. The van der Waals surface area contributed by atoms with Gasteiger partial charge in [-0.2, -0.15) is 0 Å². The maximum absolute atomic E-state index is 12.3. The number of rotatable bonds is 9. The SMILES string of the molecule is CCCCCCC(C(=O)NO)S(=O)(=O)Cc1[nH]c(=O)[nH]c1O. The topological polar surface area (TPSA) is 152 Å². The zero-order valence-corrected chi connectivity index (χ0v) is 13.1. The number of aromatic hydroxyl groups is 1. The molecule has 1 unspecified atom stereocenters. The molecule has 0 saturated carbocycles. The Hall–Kier alpha value is -1.81. The van der Waals surface area contributed by atoms with E-state index in [1.54, 1.807) is 0 Å². The van der Waals surface area contributed by atoms with Crippen molar-refractivity contribution in [1.82, 2.24) is 15.4 Å². The Morgan fingerprint density at radius 1 is 1.27 bits per heavy atom. The van der Waals surface area contributed by atoms with E-state index in [-0.39, 0.29) is 12.1 Å². The summed E-state index contributed by atoms with van der Waals surface area (Å²) >= 11 is 0. The Morgan fingerprint density at radius 3 is 2.45 bits per heavy atom. The molecule has 0 bridgehead atoms. The van der Waals surface area contributed by atoms with Gasteiger partial charge in [-0.25, -0.2) is 18.7 Å². The molecule has 126 valence electrons. The molecule has 0 radical (unpaired) electrons. The van der Waals surface area contributed by atoms with Gasteiger partial charge in [-0.1, -0.05) is 32.6 Å². The summed E-state index contributed by atoms with van der Waals surface area (Å²) in [4.78, 5) is 26.8. The molecule has 1 amide bonds. The Morgan fingerprint density at radius 2 is 1.95 bits per heavy atom. The quantitative estimate of drug-likeness (QED) is 0.246. The molecule has 1 rings (SSSR count). The van der Waals surface area contributed by atoms with E-state index in [4.69, 9.17) is 5.21 Å². The molecule has 1 atom stereocenters. The standard InChI is InChI=1S/C12H21N3O6S/c1-2-3-4-5-6-9(11(17)15-19)22(20,21)7-8-10(16)14-12(18)13-8/h9,16,19H,2-7H2,1H3,(H,15,17)(H2,13,14,18). The van der Waals surface area contributed by atoms with Gasteiger partial charge >= 0.3 is 5.69 Å². The van der Waals surface area contributed by atoms with Crippen LogP contribution in [0.4, 0.5) is 0 Å². The summed E-state index contributed by atoms with van der Waals surface area (Å²) in [6.07, 6.45) is 3.22. The van der Waals surface area contributed by atoms with E-state index >= 15 is 0 Å². The minimum atomic E-state index is -4.01. The summed E-state index contributed by atoms with van der Waals surface area (Å²) in [5.74, 6) is -2.31. The van der Waals surface area contributed by atoms with Gasteiger partial charge in [0.1, 0.15) is 5.25 Å². The molecule has 0 spiro atoms. The van der Waals surface area contributed by atoms with Crippen LogP contribution in [0.5, 0.6) is 5.88 Å². The van der Waals surface area contributed by atoms with E-state index in [1.807, 2.05) is 11.9 Å². The number of hydrogen-bond donors (Lipinski definition) is 5. The van der Waals surface area contributed by atoms with E-state index in [0.29, 0.717) is 6.42 Å². The largest absolute Gasteiger partial charge is 0.493 e. The lowest BCUT2D eigenvalue weighted by molar-refractivity contribution is -0.128. The van der Waals surface area contributed by atoms with Gasteiger partial charge < -0.3 is 10.1 Å². The van der Waals surface area contributed by atoms with Crippen LogP contribution >= 0.6 is 0 Å². The van der Waals surface area contributed by atoms with Crippen LogP contribution < -0.4 is 11.2 Å². The van der Waals surface area contributed by atoms with Crippen LogP contribution in [0.1, 0.15) is 44.7 Å². The normalized spacial score (nSPS) is 13.0. The predicted molar refractivity (Wildman–Crippen MR) is 78.2 cm³/mol. The Bertz CT molecular complexity index is 648. The summed E-state index contributed by atoms with van der Waals surface area (Å²) in [6, 6.07) is 0. The van der Waals surface area contributed by atoms with Crippen molar-refractivity contribution < 1.29 is 23.5 Å². The zero-order valence-electron chi connectivity index (χ0n) is 12.3. The molecular formula is C12H21N3O6S. The van der Waals surface area contributed by atoms with Gasteiger partial charge in [0.15, 0.2) is 9.84 Å². The van der Waals surface area contributed by atoms with Crippen LogP contribution in [0.25, 0.3) is 0 Å². The Balaban J connectivity index is 2.88. The number of unbranched alkanes of at least 4 members (excludes halogenated alkanes) is 3. The van der Waals surface area contributed by atoms with E-state index < -0.39 is 38.3 Å². The van der Waals surface area contributed by atoms with E-state index in [9.17, 15) is 23.1 Å². The maximum atomic E-state index is 12.3. The second-order valence-electron chi connectivity index (χ2n) is 5.03. The summed E-state index contributed by atoms with van der Waals surface area (Å²) in [7, 11) is -4.01. The Labute approximate surface area is 127 Å². The highest BCUT2D eigenvalue weighted by atomic mass is 32.2. The minimum absolute atomic E-state index is 0.0597. The highest BCUT2D eigenvalue weighted by molar-refractivity contribution is 7.92. The third-order valence-corrected chi connectivity index (χ3v) is 5.29. The second kappa shape index (κ2) is 7.99. The van der Waals surface area contributed by atoms with Crippen LogP contribution in [0.15, 0.2) is 4.79 Å². The van der Waals surface area contributed by atoms with E-state index in [2.05, 4.69) is 4.98 Å². The number of H-pyrrole nitrogens is 2. The third kappa shape index (κ3) is 4.88. The fourth-order valence-electron chi connectivity index (χ4n) is 2.12.